The Bertz CT molecular complexity index is 441. The molecule has 0 unspecified atom stereocenters. The van der Waals surface area contributed by atoms with Gasteiger partial charge in [-0.1, -0.05) is 24.3 Å². The number of carbonyl (C=O) groups is 1. The molecule has 18 heavy (non-hydrogen) atoms. The summed E-state index contributed by atoms with van der Waals surface area (Å²) in [6.45, 7) is 4.04. The number of carboxylic acid groups (broad SMARTS) is 1. The number of hydrogen-bond acceptors (Lipinski definition) is 2. The standard InChI is InChI=1S/C15H20O3/c1-14(2,18-3)11-4-6-12(7-5-11)15(8-9-15)10-13(16)17/h4-7H,8-10H2,1-3H3,(H,16,17). The number of ether oxygens (including phenoxy) is 1. The van der Waals surface area contributed by atoms with Gasteiger partial charge in [-0.25, -0.2) is 0 Å². The summed E-state index contributed by atoms with van der Waals surface area (Å²) >= 11 is 0. The summed E-state index contributed by atoms with van der Waals surface area (Å²) in [5, 5.41) is 8.95. The summed E-state index contributed by atoms with van der Waals surface area (Å²) < 4.78 is 5.44. The van der Waals surface area contributed by atoms with Crippen molar-refractivity contribution in [3.05, 3.63) is 35.4 Å². The van der Waals surface area contributed by atoms with E-state index in [1.807, 2.05) is 38.1 Å². The molecule has 0 aromatic heterocycles. The second-order valence-corrected chi connectivity index (χ2v) is 5.64. The normalized spacial score (nSPS) is 17.5. The lowest BCUT2D eigenvalue weighted by Gasteiger charge is -2.24. The van der Waals surface area contributed by atoms with Crippen molar-refractivity contribution in [2.75, 3.05) is 7.11 Å². The fraction of sp³-hybridized carbons (Fsp3) is 0.533. The Balaban J connectivity index is 2.21. The molecule has 0 amide bonds. The zero-order valence-corrected chi connectivity index (χ0v) is 11.2. The number of rotatable bonds is 5. The first kappa shape index (κ1) is 13.1. The van der Waals surface area contributed by atoms with Crippen molar-refractivity contribution in [1.29, 1.82) is 0 Å². The predicted molar refractivity (Wildman–Crippen MR) is 69.6 cm³/mol. The average molecular weight is 248 g/mol. The highest BCUT2D eigenvalue weighted by molar-refractivity contribution is 5.70. The molecule has 1 saturated carbocycles. The van der Waals surface area contributed by atoms with Gasteiger partial charge < -0.3 is 9.84 Å². The second kappa shape index (κ2) is 4.39. The maximum Gasteiger partial charge on any atom is 0.304 e. The quantitative estimate of drug-likeness (QED) is 0.871. The number of methoxy groups -OCH3 is 1. The summed E-state index contributed by atoms with van der Waals surface area (Å²) in [5.74, 6) is -0.714. The van der Waals surface area contributed by atoms with Gasteiger partial charge in [0.2, 0.25) is 0 Å². The Kier molecular flexibility index (Phi) is 3.20. The number of hydrogen-bond donors (Lipinski definition) is 1. The Morgan fingerprint density at radius 2 is 1.89 bits per heavy atom. The monoisotopic (exact) mass is 248 g/mol. The minimum absolute atomic E-state index is 0.110. The van der Waals surface area contributed by atoms with Crippen LogP contribution in [0.15, 0.2) is 24.3 Å². The molecule has 0 saturated heterocycles. The van der Waals surface area contributed by atoms with Gasteiger partial charge in [-0.15, -0.1) is 0 Å². The minimum atomic E-state index is -0.714. The zero-order chi connectivity index (χ0) is 13.4. The van der Waals surface area contributed by atoms with E-state index in [0.717, 1.165) is 24.0 Å². The first-order valence-electron chi connectivity index (χ1n) is 6.28. The predicted octanol–water partition coefficient (Wildman–Crippen LogP) is 3.07. The highest BCUT2D eigenvalue weighted by atomic mass is 16.5. The Morgan fingerprint density at radius 3 is 2.28 bits per heavy atom. The van der Waals surface area contributed by atoms with Gasteiger partial charge in [-0.2, -0.15) is 0 Å². The maximum atomic E-state index is 10.9. The van der Waals surface area contributed by atoms with E-state index in [9.17, 15) is 4.79 Å². The van der Waals surface area contributed by atoms with Gasteiger partial charge in [-0.05, 0) is 37.8 Å². The van der Waals surface area contributed by atoms with Crippen LogP contribution in [0.5, 0.6) is 0 Å². The number of carboxylic acids is 1. The van der Waals surface area contributed by atoms with E-state index in [1.54, 1.807) is 7.11 Å². The van der Waals surface area contributed by atoms with Gasteiger partial charge in [0.15, 0.2) is 0 Å². The van der Waals surface area contributed by atoms with Crippen molar-refractivity contribution in [3.8, 4) is 0 Å². The molecule has 0 bridgehead atoms. The Labute approximate surface area is 108 Å². The molecule has 2 rings (SSSR count). The van der Waals surface area contributed by atoms with Gasteiger partial charge in [0.1, 0.15) is 0 Å². The SMILES string of the molecule is COC(C)(C)c1ccc(C2(CC(=O)O)CC2)cc1. The molecule has 1 N–H and O–H groups in total. The molecular formula is C15H20O3. The van der Waals surface area contributed by atoms with Crippen LogP contribution in [0.2, 0.25) is 0 Å². The fourth-order valence-corrected chi connectivity index (χ4v) is 2.35. The topological polar surface area (TPSA) is 46.5 Å². The summed E-state index contributed by atoms with van der Waals surface area (Å²) in [6.07, 6.45) is 2.19. The molecule has 98 valence electrons. The molecule has 3 heteroatoms. The third-order valence-electron chi connectivity index (χ3n) is 4.05. The summed E-state index contributed by atoms with van der Waals surface area (Å²) in [6, 6.07) is 8.18. The summed E-state index contributed by atoms with van der Waals surface area (Å²) in [4.78, 5) is 10.9. The third kappa shape index (κ3) is 2.41. The lowest BCUT2D eigenvalue weighted by Crippen LogP contribution is -2.20. The summed E-state index contributed by atoms with van der Waals surface area (Å²) in [5.41, 5.74) is 1.84. The highest BCUT2D eigenvalue weighted by Gasteiger charge is 2.45. The fourth-order valence-electron chi connectivity index (χ4n) is 2.35. The average Bonchev–Trinajstić information content (AvgIpc) is 3.09. The molecule has 1 aromatic rings. The van der Waals surface area contributed by atoms with Gasteiger partial charge >= 0.3 is 5.97 Å². The van der Waals surface area contributed by atoms with E-state index in [4.69, 9.17) is 9.84 Å². The zero-order valence-electron chi connectivity index (χ0n) is 11.2. The molecule has 0 radical (unpaired) electrons. The van der Waals surface area contributed by atoms with Crippen LogP contribution in [-0.2, 0) is 20.5 Å². The van der Waals surface area contributed by atoms with Crippen LogP contribution in [0.4, 0.5) is 0 Å². The maximum absolute atomic E-state index is 10.9. The lowest BCUT2D eigenvalue weighted by atomic mass is 9.89. The molecule has 3 nitrogen and oxygen atoms in total. The molecule has 0 heterocycles. The van der Waals surface area contributed by atoms with Crippen molar-refractivity contribution in [3.63, 3.8) is 0 Å². The molecule has 0 aliphatic heterocycles. The van der Waals surface area contributed by atoms with E-state index >= 15 is 0 Å². The van der Waals surface area contributed by atoms with E-state index in [2.05, 4.69) is 0 Å². The van der Waals surface area contributed by atoms with E-state index in [1.165, 1.54) is 0 Å². The van der Waals surface area contributed by atoms with Crippen molar-refractivity contribution >= 4 is 5.97 Å². The van der Waals surface area contributed by atoms with Gasteiger partial charge in [-0.3, -0.25) is 4.79 Å². The van der Waals surface area contributed by atoms with E-state index in [-0.39, 0.29) is 17.4 Å². The van der Waals surface area contributed by atoms with Crippen molar-refractivity contribution in [2.24, 2.45) is 0 Å². The van der Waals surface area contributed by atoms with E-state index < -0.39 is 5.97 Å². The summed E-state index contributed by atoms with van der Waals surface area (Å²) in [7, 11) is 1.70. The first-order valence-corrected chi connectivity index (χ1v) is 6.28. The molecule has 1 fully saturated rings. The molecule has 1 aromatic carbocycles. The molecule has 1 aliphatic carbocycles. The highest BCUT2D eigenvalue weighted by Crippen LogP contribution is 2.51. The van der Waals surface area contributed by atoms with Gasteiger partial charge in [0.05, 0.1) is 12.0 Å². The van der Waals surface area contributed by atoms with Crippen LogP contribution in [0.1, 0.15) is 44.2 Å². The lowest BCUT2D eigenvalue weighted by molar-refractivity contribution is -0.137. The van der Waals surface area contributed by atoms with Crippen LogP contribution < -0.4 is 0 Å². The number of aliphatic carboxylic acids is 1. The smallest absolute Gasteiger partial charge is 0.304 e. The minimum Gasteiger partial charge on any atom is -0.481 e. The second-order valence-electron chi connectivity index (χ2n) is 5.64. The first-order chi connectivity index (χ1) is 8.39. The van der Waals surface area contributed by atoms with Crippen molar-refractivity contribution < 1.29 is 14.6 Å². The van der Waals surface area contributed by atoms with Crippen molar-refractivity contribution in [2.45, 2.75) is 44.1 Å². The third-order valence-corrected chi connectivity index (χ3v) is 4.05. The van der Waals surface area contributed by atoms with Gasteiger partial charge in [0.25, 0.3) is 0 Å². The van der Waals surface area contributed by atoms with Crippen LogP contribution in [0, 0.1) is 0 Å². The van der Waals surface area contributed by atoms with Crippen LogP contribution in [0.25, 0.3) is 0 Å². The molecular weight excluding hydrogens is 228 g/mol. The van der Waals surface area contributed by atoms with Gasteiger partial charge in [0, 0.05) is 12.5 Å². The Morgan fingerprint density at radius 1 is 1.33 bits per heavy atom. The van der Waals surface area contributed by atoms with Crippen molar-refractivity contribution in [1.82, 2.24) is 0 Å². The van der Waals surface area contributed by atoms with E-state index in [0.29, 0.717) is 0 Å². The van der Waals surface area contributed by atoms with Crippen LogP contribution >= 0.6 is 0 Å². The molecule has 1 aliphatic rings. The largest absolute Gasteiger partial charge is 0.481 e. The van der Waals surface area contributed by atoms with Crippen LogP contribution in [0.3, 0.4) is 0 Å². The van der Waals surface area contributed by atoms with Crippen LogP contribution in [-0.4, -0.2) is 18.2 Å². The molecule has 0 atom stereocenters. The molecule has 0 spiro atoms. The Hall–Kier alpha value is -1.35. The number of benzene rings is 1.